The quantitative estimate of drug-likeness (QED) is 0.472. The van der Waals surface area contributed by atoms with E-state index in [1.165, 1.54) is 0 Å². The molecule has 2 atom stereocenters. The van der Waals surface area contributed by atoms with Crippen molar-refractivity contribution in [3.05, 3.63) is 40.5 Å². The van der Waals surface area contributed by atoms with Crippen molar-refractivity contribution in [2.75, 3.05) is 6.54 Å². The molecule has 2 N–H and O–H groups in total. The molecule has 146 valence electrons. The largest absolute Gasteiger partial charge is 0.390 e. The van der Waals surface area contributed by atoms with Crippen LogP contribution in [0.15, 0.2) is 29.6 Å². The van der Waals surface area contributed by atoms with Crippen LogP contribution < -0.4 is 5.32 Å². The van der Waals surface area contributed by atoms with Crippen molar-refractivity contribution in [2.45, 2.75) is 50.3 Å². The van der Waals surface area contributed by atoms with E-state index < -0.39 is 5.60 Å². The van der Waals surface area contributed by atoms with E-state index in [0.29, 0.717) is 36.4 Å². The fourth-order valence-corrected chi connectivity index (χ4v) is 6.03. The highest BCUT2D eigenvalue weighted by Gasteiger charge is 2.55. The molecule has 4 bridgehead atoms. The van der Waals surface area contributed by atoms with Gasteiger partial charge in [-0.15, -0.1) is 0 Å². The van der Waals surface area contributed by atoms with E-state index in [1.807, 2.05) is 22.8 Å². The topological polar surface area (TPSA) is 116 Å². The second-order valence-corrected chi connectivity index (χ2v) is 8.79. The van der Waals surface area contributed by atoms with Crippen LogP contribution in [-0.4, -0.2) is 38.8 Å². The van der Waals surface area contributed by atoms with Gasteiger partial charge in [0.15, 0.2) is 0 Å². The van der Waals surface area contributed by atoms with E-state index in [4.69, 9.17) is 5.53 Å². The lowest BCUT2D eigenvalue weighted by atomic mass is 9.52. The molecule has 1 aromatic heterocycles. The molecule has 1 aromatic carbocycles. The maximum absolute atomic E-state index is 12.9. The van der Waals surface area contributed by atoms with Crippen molar-refractivity contribution in [1.29, 1.82) is 0 Å². The second-order valence-electron chi connectivity index (χ2n) is 8.79. The van der Waals surface area contributed by atoms with Crippen molar-refractivity contribution < 1.29 is 9.90 Å². The minimum Gasteiger partial charge on any atom is -0.390 e. The van der Waals surface area contributed by atoms with Gasteiger partial charge in [-0.3, -0.25) is 4.79 Å². The molecule has 4 aliphatic carbocycles. The van der Waals surface area contributed by atoms with Crippen LogP contribution in [-0.2, 0) is 6.54 Å². The number of aliphatic hydroxyl groups is 1. The Morgan fingerprint density at radius 2 is 2.14 bits per heavy atom. The molecule has 2 unspecified atom stereocenters. The number of amides is 1. The van der Waals surface area contributed by atoms with Crippen LogP contribution in [0, 0.1) is 17.8 Å². The number of hydrogen-bond acceptors (Lipinski definition) is 4. The Kier molecular flexibility index (Phi) is 4.07. The minimum absolute atomic E-state index is 0.0602. The normalized spacial score (nSPS) is 33.0. The third-order valence-electron chi connectivity index (χ3n) is 6.93. The Bertz CT molecular complexity index is 962. The van der Waals surface area contributed by atoms with Crippen molar-refractivity contribution in [1.82, 2.24) is 14.9 Å². The third kappa shape index (κ3) is 2.93. The van der Waals surface area contributed by atoms with Crippen LogP contribution in [0.25, 0.3) is 21.5 Å². The summed E-state index contributed by atoms with van der Waals surface area (Å²) in [5, 5.41) is 17.5. The summed E-state index contributed by atoms with van der Waals surface area (Å²) in [6, 6.07) is 5.71. The van der Waals surface area contributed by atoms with Gasteiger partial charge in [-0.1, -0.05) is 5.11 Å². The van der Waals surface area contributed by atoms with Gasteiger partial charge >= 0.3 is 0 Å². The van der Waals surface area contributed by atoms with Crippen LogP contribution >= 0.6 is 0 Å². The summed E-state index contributed by atoms with van der Waals surface area (Å²) in [5.74, 6) is 1.35. The van der Waals surface area contributed by atoms with Gasteiger partial charge in [0.05, 0.1) is 23.0 Å². The summed E-state index contributed by atoms with van der Waals surface area (Å²) in [6.45, 7) is 0.920. The van der Waals surface area contributed by atoms with Crippen LogP contribution in [0.5, 0.6) is 0 Å². The van der Waals surface area contributed by atoms with Crippen LogP contribution in [0.3, 0.4) is 0 Å². The minimum atomic E-state index is -0.487. The van der Waals surface area contributed by atoms with Gasteiger partial charge in [-0.05, 0) is 73.6 Å². The molecule has 6 rings (SSSR count). The van der Waals surface area contributed by atoms with Gasteiger partial charge in [0.2, 0.25) is 0 Å². The van der Waals surface area contributed by atoms with Crippen LogP contribution in [0.1, 0.15) is 42.5 Å². The summed E-state index contributed by atoms with van der Waals surface area (Å²) in [6.07, 6.45) is 6.54. The second kappa shape index (κ2) is 6.50. The predicted molar refractivity (Wildman–Crippen MR) is 104 cm³/mol. The first kappa shape index (κ1) is 17.5. The number of aromatic nitrogens is 2. The molecule has 0 radical (unpaired) electrons. The first-order chi connectivity index (χ1) is 13.5. The lowest BCUT2D eigenvalue weighted by Gasteiger charge is -2.58. The molecule has 4 saturated carbocycles. The number of fused-ring (bicyclic) bond motifs is 1. The number of carbonyl (C=O) groups is 1. The standard InChI is InChI=1S/C20H24N6O2/c21-25-23-3-4-26-11-22-16-7-13(1-2-17(16)26)19(27)24-18-14-5-12-6-15(18)10-20(28,8-12)9-14/h1-2,7,11-12,14-15,18,28H,3-6,8-10H2,(H,24,27). The van der Waals surface area contributed by atoms with Gasteiger partial charge in [0, 0.05) is 29.6 Å². The average molecular weight is 380 g/mol. The summed E-state index contributed by atoms with van der Waals surface area (Å²) in [7, 11) is 0. The maximum atomic E-state index is 12.9. The zero-order valence-corrected chi connectivity index (χ0v) is 15.7. The maximum Gasteiger partial charge on any atom is 0.251 e. The number of benzene rings is 1. The molecule has 0 aliphatic heterocycles. The van der Waals surface area contributed by atoms with E-state index in [0.717, 1.165) is 43.1 Å². The zero-order valence-electron chi connectivity index (χ0n) is 15.7. The summed E-state index contributed by atoms with van der Waals surface area (Å²) in [4.78, 5) is 20.1. The van der Waals surface area contributed by atoms with Crippen LogP contribution in [0.4, 0.5) is 0 Å². The smallest absolute Gasteiger partial charge is 0.251 e. The van der Waals surface area contributed by atoms with Gasteiger partial charge in [0.25, 0.3) is 5.91 Å². The Balaban J connectivity index is 1.32. The first-order valence-electron chi connectivity index (χ1n) is 10.0. The predicted octanol–water partition coefficient (Wildman–Crippen LogP) is 3.02. The Labute approximate surface area is 162 Å². The number of nitrogens with zero attached hydrogens (tertiary/aromatic N) is 5. The number of hydrogen-bond donors (Lipinski definition) is 2. The lowest BCUT2D eigenvalue weighted by molar-refractivity contribution is -0.136. The van der Waals surface area contributed by atoms with Crippen molar-refractivity contribution in [3.8, 4) is 0 Å². The van der Waals surface area contributed by atoms with E-state index in [9.17, 15) is 9.90 Å². The molecular weight excluding hydrogens is 356 g/mol. The molecular formula is C20H24N6O2. The first-order valence-corrected chi connectivity index (χ1v) is 10.0. The third-order valence-corrected chi connectivity index (χ3v) is 6.93. The highest BCUT2D eigenvalue weighted by atomic mass is 16.3. The molecule has 0 spiro atoms. The Hall–Kier alpha value is -2.57. The molecule has 1 heterocycles. The SMILES string of the molecule is [N-]=[N+]=NCCn1cnc2cc(C(=O)NC3C4CC5CC3CC(O)(C5)C4)ccc21. The van der Waals surface area contributed by atoms with Gasteiger partial charge in [-0.2, -0.15) is 0 Å². The molecule has 28 heavy (non-hydrogen) atoms. The molecule has 1 amide bonds. The fourth-order valence-electron chi connectivity index (χ4n) is 6.03. The number of rotatable bonds is 5. The van der Waals surface area contributed by atoms with Crippen LogP contribution in [0.2, 0.25) is 0 Å². The summed E-state index contributed by atoms with van der Waals surface area (Å²) < 4.78 is 1.92. The Morgan fingerprint density at radius 1 is 1.36 bits per heavy atom. The number of carbonyl (C=O) groups excluding carboxylic acids is 1. The van der Waals surface area contributed by atoms with E-state index in [-0.39, 0.29) is 11.9 Å². The van der Waals surface area contributed by atoms with E-state index in [1.54, 1.807) is 6.33 Å². The monoisotopic (exact) mass is 380 g/mol. The van der Waals surface area contributed by atoms with Crippen molar-refractivity contribution >= 4 is 16.9 Å². The molecule has 4 aliphatic rings. The Morgan fingerprint density at radius 3 is 2.86 bits per heavy atom. The molecule has 0 saturated heterocycles. The van der Waals surface area contributed by atoms with E-state index in [2.05, 4.69) is 20.3 Å². The molecule has 8 heteroatoms. The highest BCUT2D eigenvalue weighted by Crippen LogP contribution is 2.55. The van der Waals surface area contributed by atoms with Gasteiger partial charge in [-0.25, -0.2) is 4.98 Å². The molecule has 4 fully saturated rings. The molecule has 2 aromatic rings. The molecule has 8 nitrogen and oxygen atoms in total. The highest BCUT2D eigenvalue weighted by molar-refractivity contribution is 5.97. The summed E-state index contributed by atoms with van der Waals surface area (Å²) >= 11 is 0. The fraction of sp³-hybridized carbons (Fsp3) is 0.600. The number of nitrogens with one attached hydrogen (secondary N) is 1. The van der Waals surface area contributed by atoms with Gasteiger partial charge < -0.3 is 15.0 Å². The zero-order chi connectivity index (χ0) is 19.3. The van der Waals surface area contributed by atoms with Gasteiger partial charge in [0.1, 0.15) is 0 Å². The summed E-state index contributed by atoms with van der Waals surface area (Å²) in [5.41, 5.74) is 10.2. The van der Waals surface area contributed by atoms with E-state index >= 15 is 0 Å². The lowest BCUT2D eigenvalue weighted by Crippen LogP contribution is -2.61. The average Bonchev–Trinajstić information content (AvgIpc) is 3.06. The van der Waals surface area contributed by atoms with Crippen molar-refractivity contribution in [3.63, 3.8) is 0 Å². The number of azide groups is 1. The van der Waals surface area contributed by atoms with Crippen molar-refractivity contribution in [2.24, 2.45) is 22.9 Å². The number of imidazole rings is 1.